The Labute approximate surface area is 515 Å². The van der Waals surface area contributed by atoms with E-state index in [0.29, 0.717) is 62.3 Å². The van der Waals surface area contributed by atoms with E-state index in [1.807, 2.05) is 18.2 Å². The lowest BCUT2D eigenvalue weighted by molar-refractivity contribution is -0.136. The molecule has 11 rings (SSSR count). The van der Waals surface area contributed by atoms with Gasteiger partial charge in [-0.05, 0) is 146 Å². The number of fused-ring (bicyclic) bond motifs is 2. The normalized spacial score (nSPS) is 18.6. The number of halogens is 1. The van der Waals surface area contributed by atoms with Crippen molar-refractivity contribution in [3.63, 3.8) is 0 Å². The van der Waals surface area contributed by atoms with Crippen LogP contribution in [0.4, 0.5) is 22.7 Å². The first-order valence-corrected chi connectivity index (χ1v) is 31.8. The minimum absolute atomic E-state index is 0.0147. The molecule has 0 saturated carbocycles. The lowest BCUT2D eigenvalue weighted by Crippen LogP contribution is -2.54. The van der Waals surface area contributed by atoms with Crippen molar-refractivity contribution in [3.8, 4) is 11.5 Å². The first-order valence-electron chi connectivity index (χ1n) is 29.9. The van der Waals surface area contributed by atoms with Gasteiger partial charge in [0.2, 0.25) is 11.8 Å². The number of anilines is 3. The van der Waals surface area contributed by atoms with E-state index in [4.69, 9.17) is 25.8 Å². The zero-order valence-corrected chi connectivity index (χ0v) is 50.9. The summed E-state index contributed by atoms with van der Waals surface area (Å²) in [6.07, 6.45) is 8.37. The number of piperidine rings is 2. The molecule has 1 unspecified atom stereocenters. The molecular weight excluding hydrogens is 1170 g/mol. The first kappa shape index (κ1) is 61.6. The maximum Gasteiger partial charge on any atom is 0.268 e. The number of likely N-dealkylation sites (tertiary alicyclic amines) is 1. The van der Waals surface area contributed by atoms with Crippen LogP contribution in [0.2, 0.25) is 5.02 Å². The van der Waals surface area contributed by atoms with E-state index in [-0.39, 0.29) is 57.2 Å². The van der Waals surface area contributed by atoms with Gasteiger partial charge in [0.05, 0.1) is 59.9 Å². The number of nitrogens with zero attached hydrogens (tertiary/aromatic N) is 6. The summed E-state index contributed by atoms with van der Waals surface area (Å²) in [5.74, 6) is -2.38. The van der Waals surface area contributed by atoms with Crippen molar-refractivity contribution in [2.75, 3.05) is 107 Å². The molecule has 2 aromatic heterocycles. The van der Waals surface area contributed by atoms with Crippen LogP contribution in [0.25, 0.3) is 16.6 Å². The van der Waals surface area contributed by atoms with Crippen LogP contribution < -0.4 is 30.3 Å². The number of ether oxygens (including phenoxy) is 3. The molecule has 1 aliphatic carbocycles. The summed E-state index contributed by atoms with van der Waals surface area (Å²) in [4.78, 5) is 92.1. The summed E-state index contributed by atoms with van der Waals surface area (Å²) in [6.45, 7) is 13.5. The largest absolute Gasteiger partial charge is 0.455 e. The van der Waals surface area contributed by atoms with Crippen LogP contribution in [-0.2, 0) is 29.1 Å². The number of sulfonamides is 1. The van der Waals surface area contributed by atoms with Gasteiger partial charge in [-0.1, -0.05) is 49.2 Å². The molecule has 0 spiro atoms. The Morgan fingerprint density at radius 1 is 0.818 bits per heavy atom. The topological polar surface area (TPSA) is 266 Å². The molecule has 5 N–H and O–H groups in total. The van der Waals surface area contributed by atoms with Gasteiger partial charge >= 0.3 is 0 Å². The fourth-order valence-electron chi connectivity index (χ4n) is 12.2. The number of piperazine rings is 1. The van der Waals surface area contributed by atoms with Crippen LogP contribution in [0.1, 0.15) is 95.4 Å². The van der Waals surface area contributed by atoms with E-state index in [9.17, 15) is 37.3 Å². The number of pyridine rings is 1. The summed E-state index contributed by atoms with van der Waals surface area (Å²) in [5, 5.41) is 13.3. The minimum Gasteiger partial charge on any atom is -0.455 e. The Kier molecular flexibility index (Phi) is 19.0. The molecule has 0 radical (unpaired) electrons. The van der Waals surface area contributed by atoms with Crippen molar-refractivity contribution in [2.45, 2.75) is 69.7 Å². The van der Waals surface area contributed by atoms with E-state index in [1.54, 1.807) is 48.7 Å². The fourth-order valence-corrected chi connectivity index (χ4v) is 13.3. The molecule has 5 aliphatic rings. The van der Waals surface area contributed by atoms with Crippen LogP contribution in [-0.4, -0.2) is 161 Å². The Morgan fingerprint density at radius 3 is 2.38 bits per heavy atom. The van der Waals surface area contributed by atoms with Crippen molar-refractivity contribution in [1.29, 1.82) is 0 Å². The number of aromatic amines is 1. The molecule has 4 aromatic carbocycles. The quantitative estimate of drug-likeness (QED) is 0.0215. The summed E-state index contributed by atoms with van der Waals surface area (Å²) in [6, 6.07) is 24.8. The second kappa shape index (κ2) is 27.1. The number of benzene rings is 4. The van der Waals surface area contributed by atoms with Crippen molar-refractivity contribution < 1.29 is 46.6 Å². The fraction of sp³-hybridized carbons (Fsp3) is 0.406. The third-order valence-corrected chi connectivity index (χ3v) is 18.8. The van der Waals surface area contributed by atoms with Crippen molar-refractivity contribution in [1.82, 2.24) is 34.7 Å². The van der Waals surface area contributed by atoms with Crippen LogP contribution >= 0.6 is 11.6 Å². The number of allylic oxidation sites excluding steroid dienone is 1. The minimum atomic E-state index is -4.51. The van der Waals surface area contributed by atoms with E-state index in [2.05, 4.69) is 76.5 Å². The summed E-state index contributed by atoms with van der Waals surface area (Å²) in [5.41, 5.74) is 6.88. The molecule has 462 valence electrons. The average Bonchev–Trinajstić information content (AvgIpc) is 1.73. The monoisotopic (exact) mass is 1240 g/mol. The van der Waals surface area contributed by atoms with Gasteiger partial charge in [-0.25, -0.2) is 18.1 Å². The number of rotatable bonds is 24. The molecule has 1 atom stereocenters. The number of nitroso groups, excluding NO2 is 1. The third kappa shape index (κ3) is 14.4. The molecule has 0 bridgehead atoms. The Hall–Kier alpha value is -8.06. The lowest BCUT2D eigenvalue weighted by Gasteiger charge is -2.39. The SMILES string of the molecule is CC1(C)CCC(CN2CCN(c3ccc(C(=O)NS(=O)(=O)c4ccc(NCC5CCN(CCOCCOCCNc6cccc7c6C(=O)N(C6CCC(=O)NC6=O)C7=O)CC5)c(N=O)c4)c(Oc4cnc5[nH]ccc5c4)c3)CC2)=C(c2ccc(Cl)cc2)C1. The van der Waals surface area contributed by atoms with Gasteiger partial charge in [0.15, 0.2) is 0 Å². The number of aromatic nitrogens is 2. The number of carbonyl (C=O) groups is 5. The number of amides is 5. The highest BCUT2D eigenvalue weighted by atomic mass is 35.5. The Balaban J connectivity index is 0.629. The van der Waals surface area contributed by atoms with Gasteiger partial charge in [-0.2, -0.15) is 0 Å². The maximum atomic E-state index is 14.1. The standard InChI is InChI=1S/C64H72ClN11O11S/c1-64(2)20-16-44(51(37-64)42-6-8-45(65)9-7-42)40-74-25-27-75(28-26-74)46-10-12-49(56(35-46)87-47-34-43-17-21-67-59(43)69-39-47)60(78)72-88(83,84)48-11-13-52(54(36-48)71-82)68-38-41-18-23-73(24-19-41)29-31-86-33-32-85-30-22-66-53-5-3-4-50-58(53)63(81)76(62(50)80)55-14-15-57(77)70-61(55)79/h3-13,17,21,34-36,39,41,55,66,68H,14-16,18-20,22-33,37-38,40H2,1-2H3,(H,67,69)(H,72,78)(H,70,77,79). The lowest BCUT2D eigenvalue weighted by atomic mass is 9.72. The zero-order valence-electron chi connectivity index (χ0n) is 49.3. The molecule has 22 nitrogen and oxygen atoms in total. The van der Waals surface area contributed by atoms with Crippen LogP contribution in [0.15, 0.2) is 119 Å². The number of imide groups is 2. The number of nitrogens with one attached hydrogen (secondary N) is 5. The first-order chi connectivity index (χ1) is 42.5. The number of hydrogen-bond acceptors (Lipinski definition) is 18. The van der Waals surface area contributed by atoms with Gasteiger partial charge in [-0.15, -0.1) is 4.91 Å². The van der Waals surface area contributed by atoms with Crippen LogP contribution in [0.5, 0.6) is 11.5 Å². The number of hydrogen-bond donors (Lipinski definition) is 5. The van der Waals surface area contributed by atoms with E-state index in [0.717, 1.165) is 112 Å². The van der Waals surface area contributed by atoms with E-state index in [1.165, 1.54) is 35.0 Å². The maximum absolute atomic E-state index is 14.1. The number of H-pyrrole nitrogens is 1. The molecular formula is C64H72ClN11O11S. The van der Waals surface area contributed by atoms with Gasteiger partial charge < -0.3 is 39.6 Å². The Bertz CT molecular complexity index is 3770. The highest BCUT2D eigenvalue weighted by Gasteiger charge is 2.46. The zero-order chi connectivity index (χ0) is 61.5. The van der Waals surface area contributed by atoms with Crippen LogP contribution in [0, 0.1) is 16.2 Å². The highest BCUT2D eigenvalue weighted by Crippen LogP contribution is 2.44. The molecule has 5 amide bonds. The molecule has 6 heterocycles. The molecule has 3 fully saturated rings. The van der Waals surface area contributed by atoms with Crippen LogP contribution in [0.3, 0.4) is 0 Å². The average molecular weight is 1240 g/mol. The van der Waals surface area contributed by atoms with Gasteiger partial charge in [0.25, 0.3) is 27.7 Å². The molecule has 3 saturated heterocycles. The van der Waals surface area contributed by atoms with Crippen molar-refractivity contribution in [2.24, 2.45) is 16.5 Å². The van der Waals surface area contributed by atoms with Crippen molar-refractivity contribution >= 4 is 90.5 Å². The number of carbonyl (C=O) groups excluding carboxylic acids is 5. The van der Waals surface area contributed by atoms with Gasteiger partial charge in [-0.3, -0.25) is 39.1 Å². The molecule has 24 heteroatoms. The summed E-state index contributed by atoms with van der Waals surface area (Å²) >= 11 is 6.27. The summed E-state index contributed by atoms with van der Waals surface area (Å²) in [7, 11) is -4.51. The van der Waals surface area contributed by atoms with E-state index < -0.39 is 45.6 Å². The van der Waals surface area contributed by atoms with Gasteiger partial charge in [0, 0.05) is 92.8 Å². The van der Waals surface area contributed by atoms with Gasteiger partial charge in [0.1, 0.15) is 28.9 Å². The van der Waals surface area contributed by atoms with E-state index >= 15 is 0 Å². The second-order valence-electron chi connectivity index (χ2n) is 23.8. The molecule has 6 aromatic rings. The molecule has 4 aliphatic heterocycles. The predicted octanol–water partition coefficient (Wildman–Crippen LogP) is 8.98. The second-order valence-corrected chi connectivity index (χ2v) is 25.9. The highest BCUT2D eigenvalue weighted by molar-refractivity contribution is 7.90. The predicted molar refractivity (Wildman–Crippen MR) is 335 cm³/mol. The van der Waals surface area contributed by atoms with Crippen molar-refractivity contribution in [3.05, 3.63) is 141 Å². The molecule has 88 heavy (non-hydrogen) atoms. The smallest absolute Gasteiger partial charge is 0.268 e. The third-order valence-electron chi connectivity index (χ3n) is 17.2. The summed E-state index contributed by atoms with van der Waals surface area (Å²) < 4.78 is 48.1. The Morgan fingerprint density at radius 2 is 1.60 bits per heavy atom.